The molecule has 2 aromatic carbocycles. The molecular weight excluding hydrogens is 367 g/mol. The third-order valence-corrected chi connectivity index (χ3v) is 5.06. The van der Waals surface area contributed by atoms with Gasteiger partial charge in [0.1, 0.15) is 0 Å². The van der Waals surface area contributed by atoms with Crippen molar-refractivity contribution in [2.45, 2.75) is 32.1 Å². The molecule has 2 atom stereocenters. The Labute approximate surface area is 164 Å². The molecule has 0 aliphatic rings. The van der Waals surface area contributed by atoms with Crippen LogP contribution in [0.4, 0.5) is 0 Å². The first kappa shape index (κ1) is 18.8. The molecule has 3 nitrogen and oxygen atoms in total. The first-order valence-corrected chi connectivity index (χ1v) is 9.39. The summed E-state index contributed by atoms with van der Waals surface area (Å²) < 4.78 is 7.31. The van der Waals surface area contributed by atoms with Gasteiger partial charge in [0.2, 0.25) is 5.88 Å². The number of methoxy groups -OCH3 is 1. The number of halogens is 2. The van der Waals surface area contributed by atoms with Crippen molar-refractivity contribution in [3.8, 4) is 11.6 Å². The fourth-order valence-electron chi connectivity index (χ4n) is 3.16. The quantitative estimate of drug-likeness (QED) is 0.482. The number of aromatic nitrogens is 2. The molecular formula is C21H22Cl2N2O. The topological polar surface area (TPSA) is 27.1 Å². The molecule has 136 valence electrons. The van der Waals surface area contributed by atoms with E-state index in [1.54, 1.807) is 11.8 Å². The molecule has 26 heavy (non-hydrogen) atoms. The van der Waals surface area contributed by atoms with Crippen LogP contribution in [0.2, 0.25) is 10.0 Å². The van der Waals surface area contributed by atoms with Crippen LogP contribution in [0.15, 0.2) is 54.6 Å². The lowest BCUT2D eigenvalue weighted by atomic mass is 9.89. The van der Waals surface area contributed by atoms with Crippen molar-refractivity contribution in [1.29, 1.82) is 0 Å². The fourth-order valence-corrected chi connectivity index (χ4v) is 3.54. The largest absolute Gasteiger partial charge is 0.481 e. The predicted molar refractivity (Wildman–Crippen MR) is 108 cm³/mol. The first-order chi connectivity index (χ1) is 12.5. The average molecular weight is 389 g/mol. The van der Waals surface area contributed by atoms with Crippen molar-refractivity contribution in [3.63, 3.8) is 0 Å². The molecule has 0 fully saturated rings. The van der Waals surface area contributed by atoms with Crippen LogP contribution in [0.3, 0.4) is 0 Å². The highest BCUT2D eigenvalue weighted by atomic mass is 35.5. The van der Waals surface area contributed by atoms with E-state index in [1.165, 1.54) is 5.56 Å². The van der Waals surface area contributed by atoms with E-state index in [-0.39, 0.29) is 5.92 Å². The summed E-state index contributed by atoms with van der Waals surface area (Å²) in [6, 6.07) is 17.6. The highest BCUT2D eigenvalue weighted by molar-refractivity contribution is 6.31. The van der Waals surface area contributed by atoms with Gasteiger partial charge in [-0.05, 0) is 48.2 Å². The second-order valence-corrected chi connectivity index (χ2v) is 7.47. The van der Waals surface area contributed by atoms with E-state index >= 15 is 0 Å². The molecule has 0 saturated carbocycles. The molecule has 1 heterocycles. The van der Waals surface area contributed by atoms with Gasteiger partial charge in [-0.25, -0.2) is 4.68 Å². The molecule has 1 aromatic heterocycles. The van der Waals surface area contributed by atoms with Crippen molar-refractivity contribution in [2.24, 2.45) is 0 Å². The van der Waals surface area contributed by atoms with Crippen LogP contribution >= 0.6 is 23.2 Å². The molecule has 3 rings (SSSR count). The Balaban J connectivity index is 1.82. The van der Waals surface area contributed by atoms with Crippen LogP contribution in [0.5, 0.6) is 5.88 Å². The van der Waals surface area contributed by atoms with Crippen LogP contribution in [0, 0.1) is 0 Å². The maximum Gasteiger partial charge on any atom is 0.216 e. The predicted octanol–water partition coefficient (Wildman–Crippen LogP) is 6.49. The number of rotatable bonds is 6. The number of hydrogen-bond acceptors (Lipinski definition) is 2. The van der Waals surface area contributed by atoms with Gasteiger partial charge in [-0.2, -0.15) is 5.10 Å². The summed E-state index contributed by atoms with van der Waals surface area (Å²) in [7, 11) is 1.65. The normalized spacial score (nSPS) is 13.4. The van der Waals surface area contributed by atoms with Gasteiger partial charge in [-0.15, -0.1) is 0 Å². The molecule has 0 saturated heterocycles. The number of ether oxygens (including phenoxy) is 1. The Morgan fingerprint density at radius 2 is 1.65 bits per heavy atom. The van der Waals surface area contributed by atoms with Crippen molar-refractivity contribution in [3.05, 3.63) is 75.9 Å². The Morgan fingerprint density at radius 1 is 0.962 bits per heavy atom. The van der Waals surface area contributed by atoms with E-state index in [2.05, 4.69) is 19.9 Å². The molecule has 0 radical (unpaired) electrons. The smallest absolute Gasteiger partial charge is 0.216 e. The molecule has 0 bridgehead atoms. The molecule has 3 aromatic rings. The van der Waals surface area contributed by atoms with Gasteiger partial charge in [0.05, 0.1) is 18.5 Å². The van der Waals surface area contributed by atoms with E-state index in [1.807, 2.05) is 48.5 Å². The lowest BCUT2D eigenvalue weighted by Crippen LogP contribution is -2.04. The van der Waals surface area contributed by atoms with Gasteiger partial charge < -0.3 is 4.74 Å². The highest BCUT2D eigenvalue weighted by Gasteiger charge is 2.18. The zero-order chi connectivity index (χ0) is 18.7. The van der Waals surface area contributed by atoms with Crippen molar-refractivity contribution >= 4 is 23.2 Å². The Kier molecular flexibility index (Phi) is 5.90. The third kappa shape index (κ3) is 4.22. The Morgan fingerprint density at radius 3 is 2.31 bits per heavy atom. The minimum absolute atomic E-state index is 0.276. The van der Waals surface area contributed by atoms with E-state index in [9.17, 15) is 0 Å². The minimum Gasteiger partial charge on any atom is -0.481 e. The van der Waals surface area contributed by atoms with E-state index in [0.29, 0.717) is 16.8 Å². The zero-order valence-electron chi connectivity index (χ0n) is 15.1. The van der Waals surface area contributed by atoms with Crippen LogP contribution in [-0.2, 0) is 0 Å². The second-order valence-electron chi connectivity index (χ2n) is 6.60. The summed E-state index contributed by atoms with van der Waals surface area (Å²) in [4.78, 5) is 0. The Bertz CT molecular complexity index is 891. The summed E-state index contributed by atoms with van der Waals surface area (Å²) in [6.45, 7) is 4.40. The molecule has 1 unspecified atom stereocenters. The molecule has 5 heteroatoms. The lowest BCUT2D eigenvalue weighted by molar-refractivity contribution is 0.383. The second kappa shape index (κ2) is 8.15. The number of benzene rings is 2. The van der Waals surface area contributed by atoms with E-state index < -0.39 is 0 Å². The third-order valence-electron chi connectivity index (χ3n) is 4.59. The van der Waals surface area contributed by atoms with Gasteiger partial charge in [0.15, 0.2) is 0 Å². The standard InChI is InChI=1S/C21H22Cl2N2O/c1-14(16-6-4-7-17(22)11-16)10-15(2)20-13-21(26-3)25(24-20)19-9-5-8-18(23)12-19/h4-9,11-15H,10H2,1-3H3/t14-,15?/m0/s1. The number of hydrogen-bond donors (Lipinski definition) is 0. The Hall–Kier alpha value is -1.97. The molecule has 0 amide bonds. The fraction of sp³-hybridized carbons (Fsp3) is 0.286. The minimum atomic E-state index is 0.276. The maximum absolute atomic E-state index is 6.12. The maximum atomic E-state index is 6.12. The summed E-state index contributed by atoms with van der Waals surface area (Å²) in [5.41, 5.74) is 3.12. The van der Waals surface area contributed by atoms with Crippen molar-refractivity contribution in [2.75, 3.05) is 7.11 Å². The van der Waals surface area contributed by atoms with Crippen LogP contribution in [0.25, 0.3) is 5.69 Å². The summed E-state index contributed by atoms with van der Waals surface area (Å²) >= 11 is 12.2. The van der Waals surface area contributed by atoms with Crippen LogP contribution in [0.1, 0.15) is 43.4 Å². The van der Waals surface area contributed by atoms with Crippen molar-refractivity contribution in [1.82, 2.24) is 9.78 Å². The highest BCUT2D eigenvalue weighted by Crippen LogP contribution is 2.32. The lowest BCUT2D eigenvalue weighted by Gasteiger charge is -2.16. The van der Waals surface area contributed by atoms with Gasteiger partial charge >= 0.3 is 0 Å². The molecule has 0 spiro atoms. The van der Waals surface area contributed by atoms with Gasteiger partial charge in [0.25, 0.3) is 0 Å². The first-order valence-electron chi connectivity index (χ1n) is 8.63. The number of nitrogens with zero attached hydrogens (tertiary/aromatic N) is 2. The SMILES string of the molecule is COc1cc(C(C)C[C@H](C)c2cccc(Cl)c2)nn1-c1cccc(Cl)c1. The van der Waals surface area contributed by atoms with Crippen LogP contribution < -0.4 is 4.74 Å². The summed E-state index contributed by atoms with van der Waals surface area (Å²) in [6.07, 6.45) is 0.968. The van der Waals surface area contributed by atoms with Gasteiger partial charge in [-0.1, -0.05) is 55.2 Å². The summed E-state index contributed by atoms with van der Waals surface area (Å²) in [5, 5.41) is 6.21. The van der Waals surface area contributed by atoms with E-state index in [0.717, 1.165) is 22.8 Å². The molecule has 0 N–H and O–H groups in total. The molecule has 0 aliphatic heterocycles. The monoisotopic (exact) mass is 388 g/mol. The van der Waals surface area contributed by atoms with Gasteiger partial charge in [0, 0.05) is 22.0 Å². The zero-order valence-corrected chi connectivity index (χ0v) is 16.6. The van der Waals surface area contributed by atoms with Crippen molar-refractivity contribution < 1.29 is 4.74 Å². The molecule has 0 aliphatic carbocycles. The average Bonchev–Trinajstić information content (AvgIpc) is 3.06. The van der Waals surface area contributed by atoms with E-state index in [4.69, 9.17) is 33.0 Å². The van der Waals surface area contributed by atoms with Gasteiger partial charge in [-0.3, -0.25) is 0 Å². The van der Waals surface area contributed by atoms with Crippen LogP contribution in [-0.4, -0.2) is 16.9 Å². The summed E-state index contributed by atoms with van der Waals surface area (Å²) in [5.74, 6) is 1.36.